The van der Waals surface area contributed by atoms with Crippen molar-refractivity contribution in [1.82, 2.24) is 30.1 Å². The first-order valence-corrected chi connectivity index (χ1v) is 9.14. The fraction of sp³-hybridized carbons (Fsp3) is 0.526. The molecule has 0 fully saturated rings. The highest BCUT2D eigenvalue weighted by atomic mass is 127. The molecule has 0 bridgehead atoms. The normalized spacial score (nSPS) is 11.8. The summed E-state index contributed by atoms with van der Waals surface area (Å²) in [5, 5.41) is 6.71. The van der Waals surface area contributed by atoms with E-state index >= 15 is 0 Å². The van der Waals surface area contributed by atoms with Crippen molar-refractivity contribution < 1.29 is 0 Å². The molecule has 27 heavy (non-hydrogen) atoms. The molecule has 2 aromatic rings. The molecule has 2 aromatic heterocycles. The lowest BCUT2D eigenvalue weighted by atomic mass is 10.2. The maximum atomic E-state index is 4.47. The van der Waals surface area contributed by atoms with Crippen LogP contribution in [-0.2, 0) is 6.54 Å². The van der Waals surface area contributed by atoms with E-state index in [4.69, 9.17) is 0 Å². The van der Waals surface area contributed by atoms with E-state index in [1.165, 1.54) is 0 Å². The van der Waals surface area contributed by atoms with Crippen LogP contribution in [0, 0.1) is 0 Å². The second-order valence-electron chi connectivity index (χ2n) is 6.77. The highest BCUT2D eigenvalue weighted by Gasteiger charge is 2.12. The zero-order valence-electron chi connectivity index (χ0n) is 16.9. The fourth-order valence-corrected chi connectivity index (χ4v) is 2.89. The van der Waals surface area contributed by atoms with Gasteiger partial charge in [0.1, 0.15) is 12.1 Å². The van der Waals surface area contributed by atoms with Crippen molar-refractivity contribution in [2.75, 3.05) is 20.1 Å². The summed E-state index contributed by atoms with van der Waals surface area (Å²) in [6.45, 7) is 11.4. The van der Waals surface area contributed by atoms with E-state index in [9.17, 15) is 0 Å². The van der Waals surface area contributed by atoms with Crippen molar-refractivity contribution in [3.05, 3.63) is 42.6 Å². The quantitative estimate of drug-likeness (QED) is 0.342. The van der Waals surface area contributed by atoms with E-state index in [1.54, 1.807) is 19.6 Å². The van der Waals surface area contributed by atoms with Crippen LogP contribution in [0.5, 0.6) is 0 Å². The topological polar surface area (TPSA) is 70.4 Å². The summed E-state index contributed by atoms with van der Waals surface area (Å²) in [7, 11) is 1.79. The minimum atomic E-state index is 0. The van der Waals surface area contributed by atoms with Gasteiger partial charge in [0.2, 0.25) is 0 Å². The smallest absolute Gasteiger partial charge is 0.191 e. The molecule has 7 nitrogen and oxygen atoms in total. The Bertz CT molecular complexity index is 658. The predicted molar refractivity (Wildman–Crippen MR) is 122 cm³/mol. The summed E-state index contributed by atoms with van der Waals surface area (Å²) in [4.78, 5) is 15.3. The minimum absolute atomic E-state index is 0. The average Bonchev–Trinajstić information content (AvgIpc) is 3.15. The molecule has 2 heterocycles. The molecular formula is C19H32IN7. The first kappa shape index (κ1) is 23.4. The lowest BCUT2D eigenvalue weighted by Crippen LogP contribution is -2.45. The Balaban J connectivity index is 0.00000364. The number of aromatic nitrogens is 3. The molecule has 150 valence electrons. The zero-order chi connectivity index (χ0) is 18.9. The predicted octanol–water partition coefficient (Wildman–Crippen LogP) is 2.67. The summed E-state index contributed by atoms with van der Waals surface area (Å²) < 4.78 is 1.88. The summed E-state index contributed by atoms with van der Waals surface area (Å²) in [5.41, 5.74) is 1.10. The number of guanidine groups is 1. The maximum absolute atomic E-state index is 4.47. The second-order valence-corrected chi connectivity index (χ2v) is 6.77. The van der Waals surface area contributed by atoms with Crippen LogP contribution in [0.3, 0.4) is 0 Å². The number of rotatable bonds is 8. The van der Waals surface area contributed by atoms with Gasteiger partial charge in [0.25, 0.3) is 0 Å². The van der Waals surface area contributed by atoms with Gasteiger partial charge in [-0.15, -0.1) is 24.0 Å². The Labute approximate surface area is 179 Å². The Hall–Kier alpha value is -1.68. The van der Waals surface area contributed by atoms with E-state index in [2.05, 4.69) is 64.3 Å². The average molecular weight is 485 g/mol. The number of nitrogens with one attached hydrogen (secondary N) is 2. The van der Waals surface area contributed by atoms with E-state index < -0.39 is 0 Å². The van der Waals surface area contributed by atoms with Crippen LogP contribution < -0.4 is 10.6 Å². The molecule has 0 aromatic carbocycles. The van der Waals surface area contributed by atoms with Crippen molar-refractivity contribution in [2.45, 2.75) is 46.3 Å². The number of hydrogen-bond acceptors (Lipinski definition) is 4. The summed E-state index contributed by atoms with van der Waals surface area (Å²) >= 11 is 0. The molecule has 0 amide bonds. The van der Waals surface area contributed by atoms with Gasteiger partial charge < -0.3 is 10.6 Å². The molecule has 2 N–H and O–H groups in total. The van der Waals surface area contributed by atoms with Gasteiger partial charge in [-0.3, -0.25) is 14.5 Å². The van der Waals surface area contributed by atoms with Gasteiger partial charge >= 0.3 is 0 Å². The third-order valence-electron chi connectivity index (χ3n) is 4.25. The van der Waals surface area contributed by atoms with E-state index in [0.717, 1.165) is 30.4 Å². The number of hydrogen-bond donors (Lipinski definition) is 2. The molecular weight excluding hydrogens is 453 g/mol. The molecule has 0 saturated carbocycles. The molecule has 0 saturated heterocycles. The van der Waals surface area contributed by atoms with Gasteiger partial charge in [-0.2, -0.15) is 0 Å². The molecule has 0 aliphatic carbocycles. The highest BCUT2D eigenvalue weighted by molar-refractivity contribution is 14.0. The molecule has 2 rings (SSSR count). The zero-order valence-corrected chi connectivity index (χ0v) is 19.2. The number of imidazole rings is 1. The van der Waals surface area contributed by atoms with Crippen LogP contribution in [0.2, 0.25) is 0 Å². The van der Waals surface area contributed by atoms with Crippen molar-refractivity contribution in [3.8, 4) is 5.82 Å². The monoisotopic (exact) mass is 485 g/mol. The van der Waals surface area contributed by atoms with Crippen LogP contribution in [0.4, 0.5) is 0 Å². The first-order chi connectivity index (χ1) is 12.5. The van der Waals surface area contributed by atoms with Crippen LogP contribution >= 0.6 is 24.0 Å². The first-order valence-electron chi connectivity index (χ1n) is 9.14. The van der Waals surface area contributed by atoms with Gasteiger partial charge in [-0.05, 0) is 39.3 Å². The molecule has 0 unspecified atom stereocenters. The minimum Gasteiger partial charge on any atom is -0.355 e. The Morgan fingerprint density at radius 1 is 1.19 bits per heavy atom. The van der Waals surface area contributed by atoms with E-state index in [1.807, 2.05) is 23.0 Å². The van der Waals surface area contributed by atoms with Crippen LogP contribution in [0.15, 0.2) is 42.0 Å². The number of aliphatic imine (C=N–C) groups is 1. The maximum Gasteiger partial charge on any atom is 0.191 e. The van der Waals surface area contributed by atoms with Crippen molar-refractivity contribution >= 4 is 29.9 Å². The van der Waals surface area contributed by atoms with Crippen molar-refractivity contribution in [2.24, 2.45) is 4.99 Å². The lowest BCUT2D eigenvalue weighted by Gasteiger charge is -2.30. The van der Waals surface area contributed by atoms with Crippen molar-refractivity contribution in [3.63, 3.8) is 0 Å². The number of pyridine rings is 1. The molecule has 0 atom stereocenters. The van der Waals surface area contributed by atoms with Gasteiger partial charge in [0, 0.05) is 57.4 Å². The number of nitrogens with zero attached hydrogens (tertiary/aromatic N) is 5. The Morgan fingerprint density at radius 3 is 2.44 bits per heavy atom. The largest absolute Gasteiger partial charge is 0.355 e. The van der Waals surface area contributed by atoms with Crippen LogP contribution in [0.1, 0.15) is 33.3 Å². The van der Waals surface area contributed by atoms with Gasteiger partial charge in [-0.1, -0.05) is 6.07 Å². The second kappa shape index (κ2) is 11.9. The van der Waals surface area contributed by atoms with E-state index in [0.29, 0.717) is 18.6 Å². The SMILES string of the molecule is CN=C(NCCN(C(C)C)C(C)C)NCc1ccc(-n2ccnc2)nc1.I. The third kappa shape index (κ3) is 7.45. The summed E-state index contributed by atoms with van der Waals surface area (Å²) in [6.07, 6.45) is 7.23. The molecule has 0 aliphatic heterocycles. The van der Waals surface area contributed by atoms with Gasteiger partial charge in [-0.25, -0.2) is 9.97 Å². The highest BCUT2D eigenvalue weighted by Crippen LogP contribution is 2.05. The van der Waals surface area contributed by atoms with Gasteiger partial charge in [0.05, 0.1) is 0 Å². The fourth-order valence-electron chi connectivity index (χ4n) is 2.89. The molecule has 0 radical (unpaired) electrons. The Morgan fingerprint density at radius 2 is 1.93 bits per heavy atom. The van der Waals surface area contributed by atoms with Crippen LogP contribution in [0.25, 0.3) is 5.82 Å². The van der Waals surface area contributed by atoms with Crippen LogP contribution in [-0.4, -0.2) is 57.6 Å². The summed E-state index contributed by atoms with van der Waals surface area (Å²) in [6, 6.07) is 5.11. The lowest BCUT2D eigenvalue weighted by molar-refractivity contribution is 0.178. The van der Waals surface area contributed by atoms with Gasteiger partial charge in [0.15, 0.2) is 5.96 Å². The summed E-state index contributed by atoms with van der Waals surface area (Å²) in [5.74, 6) is 1.66. The Kier molecular flexibility index (Phi) is 10.3. The molecule has 8 heteroatoms. The third-order valence-corrected chi connectivity index (χ3v) is 4.25. The molecule has 0 spiro atoms. The van der Waals surface area contributed by atoms with Crippen molar-refractivity contribution in [1.29, 1.82) is 0 Å². The van der Waals surface area contributed by atoms with E-state index in [-0.39, 0.29) is 24.0 Å². The number of halogens is 1. The standard InChI is InChI=1S/C19H31N7.HI/c1-15(2)26(16(3)4)11-9-22-19(20-5)24-13-17-6-7-18(23-12-17)25-10-8-21-14-25;/h6-8,10,12,14-16H,9,11,13H2,1-5H3,(H2,20,22,24);1H. The molecule has 0 aliphatic rings.